The lowest BCUT2D eigenvalue weighted by molar-refractivity contribution is -0.659. The fourth-order valence-corrected chi connectivity index (χ4v) is 3.69. The molecule has 2 aromatic carbocycles. The van der Waals surface area contributed by atoms with Crippen molar-refractivity contribution in [1.29, 1.82) is 0 Å². The zero-order valence-electron chi connectivity index (χ0n) is 13.9. The molecule has 4 rings (SSSR count). The van der Waals surface area contributed by atoms with Crippen LogP contribution in [0.2, 0.25) is 0 Å². The fourth-order valence-electron chi connectivity index (χ4n) is 3.69. The van der Waals surface area contributed by atoms with E-state index in [1.165, 1.54) is 59.2 Å². The average Bonchev–Trinajstić information content (AvgIpc) is 3.10. The van der Waals surface area contributed by atoms with Crippen molar-refractivity contribution in [3.63, 3.8) is 0 Å². The van der Waals surface area contributed by atoms with Crippen molar-refractivity contribution in [3.8, 4) is 11.3 Å². The standard InChI is InChI=1S/C21H23N2/c1-16-9-10-18(23-12-5-6-13-23)15-20(16)21-19-8-4-3-7-17(19)11-14-22(21)2/h3-4,7-11,14-15H,5-6,12-13H2,1-2H3/q+1. The molecule has 2 heterocycles. The summed E-state index contributed by atoms with van der Waals surface area (Å²) in [5.41, 5.74) is 5.34. The van der Waals surface area contributed by atoms with Gasteiger partial charge in [-0.15, -0.1) is 0 Å². The van der Waals surface area contributed by atoms with Gasteiger partial charge in [0, 0.05) is 24.8 Å². The van der Waals surface area contributed by atoms with Crippen molar-refractivity contribution in [2.75, 3.05) is 18.0 Å². The zero-order valence-corrected chi connectivity index (χ0v) is 13.9. The summed E-state index contributed by atoms with van der Waals surface area (Å²) in [6.07, 6.45) is 4.79. The second-order valence-corrected chi connectivity index (χ2v) is 6.56. The Labute approximate surface area is 138 Å². The number of hydrogen-bond donors (Lipinski definition) is 0. The van der Waals surface area contributed by atoms with Gasteiger partial charge in [-0.25, -0.2) is 4.57 Å². The molecule has 2 nitrogen and oxygen atoms in total. The molecule has 0 unspecified atom stereocenters. The minimum absolute atomic E-state index is 1.18. The lowest BCUT2D eigenvalue weighted by atomic mass is 9.99. The van der Waals surface area contributed by atoms with Gasteiger partial charge in [0.15, 0.2) is 6.20 Å². The molecular weight excluding hydrogens is 280 g/mol. The van der Waals surface area contributed by atoms with Crippen molar-refractivity contribution in [3.05, 3.63) is 60.3 Å². The van der Waals surface area contributed by atoms with Gasteiger partial charge in [-0.2, -0.15) is 0 Å². The molecule has 0 aliphatic carbocycles. The van der Waals surface area contributed by atoms with E-state index in [0.717, 1.165) is 0 Å². The predicted octanol–water partition coefficient (Wildman–Crippen LogP) is 4.24. The summed E-state index contributed by atoms with van der Waals surface area (Å²) in [6.45, 7) is 4.58. The molecule has 1 saturated heterocycles. The van der Waals surface area contributed by atoms with Gasteiger partial charge < -0.3 is 4.90 Å². The van der Waals surface area contributed by atoms with Crippen molar-refractivity contribution >= 4 is 16.5 Å². The topological polar surface area (TPSA) is 7.12 Å². The molecule has 1 aromatic heterocycles. The van der Waals surface area contributed by atoms with Crippen molar-refractivity contribution in [2.45, 2.75) is 19.8 Å². The number of pyridine rings is 1. The second kappa shape index (κ2) is 5.69. The number of aromatic nitrogens is 1. The van der Waals surface area contributed by atoms with Gasteiger partial charge in [0.2, 0.25) is 5.69 Å². The van der Waals surface area contributed by atoms with E-state index in [4.69, 9.17) is 0 Å². The Balaban J connectivity index is 1.93. The molecule has 0 radical (unpaired) electrons. The van der Waals surface area contributed by atoms with Crippen molar-refractivity contribution < 1.29 is 4.57 Å². The van der Waals surface area contributed by atoms with Crippen molar-refractivity contribution in [1.82, 2.24) is 0 Å². The van der Waals surface area contributed by atoms with E-state index < -0.39 is 0 Å². The maximum Gasteiger partial charge on any atom is 0.220 e. The van der Waals surface area contributed by atoms with Crippen LogP contribution in [0.3, 0.4) is 0 Å². The number of nitrogens with zero attached hydrogens (tertiary/aromatic N) is 2. The average molecular weight is 303 g/mol. The maximum atomic E-state index is 2.51. The summed E-state index contributed by atoms with van der Waals surface area (Å²) in [4.78, 5) is 2.51. The van der Waals surface area contributed by atoms with E-state index in [-0.39, 0.29) is 0 Å². The van der Waals surface area contributed by atoms with Gasteiger partial charge >= 0.3 is 0 Å². The normalized spacial score (nSPS) is 14.6. The first-order valence-electron chi connectivity index (χ1n) is 8.47. The molecule has 116 valence electrons. The highest BCUT2D eigenvalue weighted by atomic mass is 15.1. The highest BCUT2D eigenvalue weighted by Crippen LogP contribution is 2.32. The van der Waals surface area contributed by atoms with Gasteiger partial charge in [-0.1, -0.05) is 24.3 Å². The molecule has 3 aromatic rings. The molecule has 0 atom stereocenters. The molecule has 0 saturated carbocycles. The third-order valence-corrected chi connectivity index (χ3v) is 4.99. The summed E-state index contributed by atoms with van der Waals surface area (Å²) in [6, 6.07) is 17.8. The number of anilines is 1. The van der Waals surface area contributed by atoms with E-state index in [9.17, 15) is 0 Å². The molecule has 0 spiro atoms. The van der Waals surface area contributed by atoms with Gasteiger partial charge in [0.05, 0.1) is 10.9 Å². The summed E-state index contributed by atoms with van der Waals surface area (Å²) in [5, 5.41) is 2.62. The molecule has 0 bridgehead atoms. The van der Waals surface area contributed by atoms with Crippen LogP contribution in [-0.4, -0.2) is 13.1 Å². The number of fused-ring (bicyclic) bond motifs is 1. The highest BCUT2D eigenvalue weighted by Gasteiger charge is 2.19. The van der Waals surface area contributed by atoms with Crippen molar-refractivity contribution in [2.24, 2.45) is 7.05 Å². The first-order chi connectivity index (χ1) is 11.2. The van der Waals surface area contributed by atoms with Gasteiger partial charge in [0.25, 0.3) is 0 Å². The molecule has 1 fully saturated rings. The Kier molecular flexibility index (Phi) is 3.53. The van der Waals surface area contributed by atoms with Crippen LogP contribution in [0.25, 0.3) is 22.0 Å². The first-order valence-corrected chi connectivity index (χ1v) is 8.47. The molecule has 0 N–H and O–H groups in total. The van der Waals surface area contributed by atoms with Crippen LogP contribution in [0.1, 0.15) is 18.4 Å². The third-order valence-electron chi connectivity index (χ3n) is 4.99. The predicted molar refractivity (Wildman–Crippen MR) is 96.7 cm³/mol. The fraction of sp³-hybridized carbons (Fsp3) is 0.286. The van der Waals surface area contributed by atoms with E-state index in [1.54, 1.807) is 0 Å². The monoisotopic (exact) mass is 303 g/mol. The van der Waals surface area contributed by atoms with Crippen LogP contribution in [0, 0.1) is 6.92 Å². The molecule has 1 aliphatic rings. The van der Waals surface area contributed by atoms with Crippen LogP contribution < -0.4 is 9.47 Å². The van der Waals surface area contributed by atoms with E-state index in [2.05, 4.69) is 78.2 Å². The Hall–Kier alpha value is -2.35. The number of hydrogen-bond acceptors (Lipinski definition) is 1. The van der Waals surface area contributed by atoms with Crippen LogP contribution in [0.15, 0.2) is 54.7 Å². The zero-order chi connectivity index (χ0) is 15.8. The Morgan fingerprint density at radius 3 is 2.57 bits per heavy atom. The highest BCUT2D eigenvalue weighted by molar-refractivity contribution is 5.94. The second-order valence-electron chi connectivity index (χ2n) is 6.56. The van der Waals surface area contributed by atoms with Crippen LogP contribution in [-0.2, 0) is 7.05 Å². The first kappa shape index (κ1) is 14.3. The lowest BCUT2D eigenvalue weighted by Crippen LogP contribution is -2.30. The summed E-state index contributed by atoms with van der Waals surface area (Å²) in [7, 11) is 2.14. The Morgan fingerprint density at radius 2 is 1.74 bits per heavy atom. The van der Waals surface area contributed by atoms with Crippen LogP contribution in [0.5, 0.6) is 0 Å². The maximum absolute atomic E-state index is 2.51. The minimum atomic E-state index is 1.18. The van der Waals surface area contributed by atoms with E-state index in [0.29, 0.717) is 0 Å². The third kappa shape index (κ3) is 2.48. The number of rotatable bonds is 2. The van der Waals surface area contributed by atoms with E-state index in [1.807, 2.05) is 0 Å². The molecular formula is C21H23N2+. The molecule has 0 amide bonds. The van der Waals surface area contributed by atoms with Crippen LogP contribution >= 0.6 is 0 Å². The lowest BCUT2D eigenvalue weighted by Gasteiger charge is -2.19. The number of benzene rings is 2. The Bertz CT molecular complexity index is 861. The summed E-state index contributed by atoms with van der Waals surface area (Å²) < 4.78 is 2.25. The summed E-state index contributed by atoms with van der Waals surface area (Å²) in [5.74, 6) is 0. The summed E-state index contributed by atoms with van der Waals surface area (Å²) >= 11 is 0. The largest absolute Gasteiger partial charge is 0.372 e. The van der Waals surface area contributed by atoms with Gasteiger partial charge in [-0.05, 0) is 48.9 Å². The SMILES string of the molecule is Cc1ccc(N2CCCC2)cc1-c1c2ccccc2cc[n+]1C. The molecule has 23 heavy (non-hydrogen) atoms. The molecule has 1 aliphatic heterocycles. The quantitative estimate of drug-likeness (QED) is 0.642. The van der Waals surface area contributed by atoms with Crippen LogP contribution in [0.4, 0.5) is 5.69 Å². The Morgan fingerprint density at radius 1 is 0.957 bits per heavy atom. The van der Waals surface area contributed by atoms with Gasteiger partial charge in [-0.3, -0.25) is 0 Å². The number of aryl methyl sites for hydroxylation is 2. The van der Waals surface area contributed by atoms with E-state index >= 15 is 0 Å². The minimum Gasteiger partial charge on any atom is -0.372 e. The van der Waals surface area contributed by atoms with Gasteiger partial charge in [0.1, 0.15) is 7.05 Å². The molecule has 2 heteroatoms. The smallest absolute Gasteiger partial charge is 0.220 e.